The van der Waals surface area contributed by atoms with E-state index in [1.165, 1.54) is 0 Å². The van der Waals surface area contributed by atoms with Crippen LogP contribution in [0.4, 0.5) is 0 Å². The van der Waals surface area contributed by atoms with E-state index >= 15 is 0 Å². The van der Waals surface area contributed by atoms with Crippen molar-refractivity contribution < 1.29 is 14.6 Å². The number of carboxylic acid groups (broad SMARTS) is 1. The molecule has 1 heterocycles. The fraction of sp³-hybridized carbons (Fsp3) is 0.0476. The Morgan fingerprint density at radius 2 is 1.72 bits per heavy atom. The summed E-state index contributed by atoms with van der Waals surface area (Å²) < 4.78 is 5.25. The average molecular weight is 329 g/mol. The van der Waals surface area contributed by atoms with E-state index in [4.69, 9.17) is 4.74 Å². The minimum absolute atomic E-state index is 0.260. The molecule has 0 aliphatic heterocycles. The molecule has 0 radical (unpaired) electrons. The highest BCUT2D eigenvalue weighted by Gasteiger charge is 2.13. The summed E-state index contributed by atoms with van der Waals surface area (Å²) in [7, 11) is 1.64. The van der Waals surface area contributed by atoms with Crippen molar-refractivity contribution in [3.05, 3.63) is 72.3 Å². The van der Waals surface area contributed by atoms with Gasteiger partial charge in [-0.15, -0.1) is 0 Å². The van der Waals surface area contributed by atoms with Gasteiger partial charge in [-0.3, -0.25) is 0 Å². The lowest BCUT2D eigenvalue weighted by molar-refractivity contribution is 0.0699. The van der Waals surface area contributed by atoms with E-state index in [1.54, 1.807) is 19.2 Å². The van der Waals surface area contributed by atoms with Crippen LogP contribution >= 0.6 is 0 Å². The Hall–Kier alpha value is -3.40. The van der Waals surface area contributed by atoms with Crippen LogP contribution in [-0.4, -0.2) is 23.2 Å². The molecule has 0 aliphatic carbocycles. The van der Waals surface area contributed by atoms with Crippen LogP contribution in [-0.2, 0) is 0 Å². The third-order valence-corrected chi connectivity index (χ3v) is 4.29. The Kier molecular flexibility index (Phi) is 3.58. The van der Waals surface area contributed by atoms with E-state index in [2.05, 4.69) is 4.98 Å². The van der Waals surface area contributed by atoms with Crippen LogP contribution in [0.2, 0.25) is 0 Å². The van der Waals surface area contributed by atoms with Gasteiger partial charge in [0.15, 0.2) is 0 Å². The maximum absolute atomic E-state index is 11.6. The van der Waals surface area contributed by atoms with Gasteiger partial charge in [-0.05, 0) is 41.1 Å². The first-order valence-electron chi connectivity index (χ1n) is 7.87. The molecule has 0 aliphatic rings. The van der Waals surface area contributed by atoms with Crippen LogP contribution in [0, 0.1) is 0 Å². The molecule has 0 atom stereocenters. The number of para-hydroxylation sites is 1. The third kappa shape index (κ3) is 2.68. The number of carboxylic acids is 1. The molecule has 122 valence electrons. The number of ether oxygens (including phenoxy) is 1. The molecule has 0 amide bonds. The summed E-state index contributed by atoms with van der Waals surface area (Å²) in [5.74, 6) is -0.150. The van der Waals surface area contributed by atoms with Crippen molar-refractivity contribution >= 4 is 27.6 Å². The van der Waals surface area contributed by atoms with Crippen LogP contribution in [0.1, 0.15) is 10.4 Å². The minimum atomic E-state index is -0.953. The summed E-state index contributed by atoms with van der Waals surface area (Å²) in [4.78, 5) is 16.3. The molecule has 4 aromatic rings. The van der Waals surface area contributed by atoms with Gasteiger partial charge in [0.2, 0.25) is 0 Å². The molecule has 0 fully saturated rings. The zero-order chi connectivity index (χ0) is 17.4. The molecule has 1 aromatic heterocycles. The van der Waals surface area contributed by atoms with E-state index in [0.717, 1.165) is 22.1 Å². The number of fused-ring (bicyclic) bond motifs is 2. The maximum Gasteiger partial charge on any atom is 0.336 e. The second-order valence-corrected chi connectivity index (χ2v) is 5.81. The normalized spacial score (nSPS) is 10.9. The van der Waals surface area contributed by atoms with Crippen molar-refractivity contribution in [3.8, 4) is 17.0 Å². The number of carbonyl (C=O) groups is 1. The van der Waals surface area contributed by atoms with Gasteiger partial charge in [-0.25, -0.2) is 9.78 Å². The van der Waals surface area contributed by atoms with E-state index < -0.39 is 5.97 Å². The lowest BCUT2D eigenvalue weighted by Gasteiger charge is -2.09. The fourth-order valence-electron chi connectivity index (χ4n) is 3.01. The summed E-state index contributed by atoms with van der Waals surface area (Å²) in [6, 6.07) is 20.7. The van der Waals surface area contributed by atoms with E-state index in [1.807, 2.05) is 54.6 Å². The second-order valence-electron chi connectivity index (χ2n) is 5.81. The molecule has 0 saturated heterocycles. The molecule has 1 N–H and O–H groups in total. The standard InChI is InChI=1S/C21H15NO3/c1-25-16-9-8-13-10-15(7-6-14(13)11-16)20-12-18(21(23)24)17-4-2-3-5-19(17)22-20/h2-12H,1H3,(H,23,24). The van der Waals surface area contributed by atoms with Crippen molar-refractivity contribution in [2.45, 2.75) is 0 Å². The number of benzene rings is 3. The van der Waals surface area contributed by atoms with Gasteiger partial charge in [0.25, 0.3) is 0 Å². The van der Waals surface area contributed by atoms with Gasteiger partial charge in [0.1, 0.15) is 5.75 Å². The molecular weight excluding hydrogens is 314 g/mol. The quantitative estimate of drug-likeness (QED) is 0.588. The smallest absolute Gasteiger partial charge is 0.336 e. The number of aromatic carboxylic acids is 1. The van der Waals surface area contributed by atoms with Crippen LogP contribution < -0.4 is 4.74 Å². The maximum atomic E-state index is 11.6. The highest BCUT2D eigenvalue weighted by Crippen LogP contribution is 2.29. The summed E-state index contributed by atoms with van der Waals surface area (Å²) in [5, 5.41) is 12.3. The number of pyridine rings is 1. The largest absolute Gasteiger partial charge is 0.497 e. The van der Waals surface area contributed by atoms with E-state index in [9.17, 15) is 9.90 Å². The fourth-order valence-corrected chi connectivity index (χ4v) is 3.01. The van der Waals surface area contributed by atoms with Crippen LogP contribution in [0.3, 0.4) is 0 Å². The van der Waals surface area contributed by atoms with Gasteiger partial charge in [-0.1, -0.05) is 36.4 Å². The van der Waals surface area contributed by atoms with Crippen molar-refractivity contribution in [1.29, 1.82) is 0 Å². The summed E-state index contributed by atoms with van der Waals surface area (Å²) in [6.07, 6.45) is 0. The number of hydrogen-bond acceptors (Lipinski definition) is 3. The minimum Gasteiger partial charge on any atom is -0.497 e. The Labute approximate surface area is 144 Å². The Bertz CT molecular complexity index is 1120. The van der Waals surface area contributed by atoms with Crippen LogP contribution in [0.5, 0.6) is 5.75 Å². The molecule has 4 heteroatoms. The van der Waals surface area contributed by atoms with Gasteiger partial charge >= 0.3 is 5.97 Å². The summed E-state index contributed by atoms with van der Waals surface area (Å²) in [5.41, 5.74) is 2.46. The predicted octanol–water partition coefficient (Wildman–Crippen LogP) is 4.76. The van der Waals surface area contributed by atoms with Crippen molar-refractivity contribution in [2.24, 2.45) is 0 Å². The Morgan fingerprint density at radius 1 is 0.960 bits per heavy atom. The van der Waals surface area contributed by atoms with E-state index in [0.29, 0.717) is 16.6 Å². The lowest BCUT2D eigenvalue weighted by atomic mass is 10.0. The molecule has 25 heavy (non-hydrogen) atoms. The topological polar surface area (TPSA) is 59.4 Å². The van der Waals surface area contributed by atoms with Crippen LogP contribution in [0.25, 0.3) is 32.9 Å². The van der Waals surface area contributed by atoms with Gasteiger partial charge in [0.05, 0.1) is 23.9 Å². The molecule has 0 unspecified atom stereocenters. The van der Waals surface area contributed by atoms with Crippen molar-refractivity contribution in [3.63, 3.8) is 0 Å². The predicted molar refractivity (Wildman–Crippen MR) is 98.2 cm³/mol. The number of aromatic nitrogens is 1. The number of hydrogen-bond donors (Lipinski definition) is 1. The molecule has 0 saturated carbocycles. The molecule has 4 nitrogen and oxygen atoms in total. The summed E-state index contributed by atoms with van der Waals surface area (Å²) in [6.45, 7) is 0. The number of rotatable bonds is 3. The zero-order valence-corrected chi connectivity index (χ0v) is 13.6. The first-order chi connectivity index (χ1) is 12.2. The highest BCUT2D eigenvalue weighted by atomic mass is 16.5. The molecule has 3 aromatic carbocycles. The number of methoxy groups -OCH3 is 1. The highest BCUT2D eigenvalue weighted by molar-refractivity contribution is 6.04. The van der Waals surface area contributed by atoms with Gasteiger partial charge in [-0.2, -0.15) is 0 Å². The first-order valence-corrected chi connectivity index (χ1v) is 7.87. The van der Waals surface area contributed by atoms with Crippen molar-refractivity contribution in [2.75, 3.05) is 7.11 Å². The van der Waals surface area contributed by atoms with Gasteiger partial charge in [0, 0.05) is 10.9 Å². The first kappa shape index (κ1) is 15.1. The Morgan fingerprint density at radius 3 is 2.52 bits per heavy atom. The molecular formula is C21H15NO3. The van der Waals surface area contributed by atoms with Crippen LogP contribution in [0.15, 0.2) is 66.7 Å². The Balaban J connectivity index is 1.91. The molecule has 4 rings (SSSR count). The second kappa shape index (κ2) is 5.91. The zero-order valence-electron chi connectivity index (χ0n) is 13.6. The molecule has 0 spiro atoms. The van der Waals surface area contributed by atoms with Crippen molar-refractivity contribution in [1.82, 2.24) is 4.98 Å². The third-order valence-electron chi connectivity index (χ3n) is 4.29. The lowest BCUT2D eigenvalue weighted by Crippen LogP contribution is -2.00. The average Bonchev–Trinajstić information content (AvgIpc) is 2.66. The van der Waals surface area contributed by atoms with Gasteiger partial charge < -0.3 is 9.84 Å². The SMILES string of the molecule is COc1ccc2cc(-c3cc(C(=O)O)c4ccccc4n3)ccc2c1. The number of nitrogens with zero attached hydrogens (tertiary/aromatic N) is 1. The van der Waals surface area contributed by atoms with E-state index in [-0.39, 0.29) is 5.56 Å². The monoisotopic (exact) mass is 329 g/mol. The molecule has 0 bridgehead atoms. The summed E-state index contributed by atoms with van der Waals surface area (Å²) >= 11 is 0.